The summed E-state index contributed by atoms with van der Waals surface area (Å²) in [4.78, 5) is 94.1. The molecule has 0 spiro atoms. The zero-order chi connectivity index (χ0) is 61.7. The largest absolute Gasteiger partial charge is 0.382 e. The van der Waals surface area contributed by atoms with Crippen LogP contribution in [0.5, 0.6) is 0 Å². The summed E-state index contributed by atoms with van der Waals surface area (Å²) in [6.07, 6.45) is 6.85. The van der Waals surface area contributed by atoms with Crippen LogP contribution in [-0.4, -0.2) is 236 Å². The van der Waals surface area contributed by atoms with Gasteiger partial charge in [-0.1, -0.05) is 34.1 Å². The first-order valence-corrected chi connectivity index (χ1v) is 29.5. The van der Waals surface area contributed by atoms with Crippen molar-refractivity contribution in [2.24, 2.45) is 28.7 Å². The van der Waals surface area contributed by atoms with E-state index in [0.717, 1.165) is 58.3 Å². The Morgan fingerprint density at radius 2 is 0.585 bits per heavy atom. The Balaban J connectivity index is -0.00000125. The Bertz CT molecular complexity index is 1540. The van der Waals surface area contributed by atoms with Crippen LogP contribution in [0.15, 0.2) is 0 Å². The van der Waals surface area contributed by atoms with E-state index in [0.29, 0.717) is 151 Å². The molecule has 0 aliphatic heterocycles. The lowest BCUT2D eigenvalue weighted by Crippen LogP contribution is -2.45. The van der Waals surface area contributed by atoms with Crippen LogP contribution in [0.25, 0.3) is 0 Å². The minimum Gasteiger partial charge on any atom is -0.382 e. The number of nitrogens with one attached hydrogen (secondary N) is 12. The van der Waals surface area contributed by atoms with E-state index in [1.807, 2.05) is 6.92 Å². The number of ether oxygens (including phenoxy) is 4. The third-order valence-corrected chi connectivity index (χ3v) is 11.0. The topological polar surface area (TPSA) is 448 Å². The van der Waals surface area contributed by atoms with Crippen LogP contribution in [0.3, 0.4) is 0 Å². The molecular formula is C53H113N17O12. The summed E-state index contributed by atoms with van der Waals surface area (Å²) < 4.78 is 21.0. The SMILES string of the molecule is CCCCNC(=O)C(N)CC(=O)NCCNCCC.CCCNCCNC(=O)CC(N)C(=O)NCCCOCCOC.CCCNCCNC(=O)CC(N)C(=O)NCCCOCCOCCCNC(=O)C(N)CC(=O)NCCNCCN. The lowest BCUT2D eigenvalue weighted by Gasteiger charge is -2.13. The molecule has 4 atom stereocenters. The van der Waals surface area contributed by atoms with Crippen LogP contribution in [0, 0.1) is 0 Å². The predicted molar refractivity (Wildman–Crippen MR) is 319 cm³/mol. The highest BCUT2D eigenvalue weighted by molar-refractivity contribution is 5.90. The maximum atomic E-state index is 12.0. The van der Waals surface area contributed by atoms with Gasteiger partial charge in [-0.05, 0) is 64.6 Å². The Morgan fingerprint density at radius 3 is 0.841 bits per heavy atom. The van der Waals surface area contributed by atoms with E-state index < -0.39 is 24.2 Å². The molecular weight excluding hydrogens is 1070 g/mol. The van der Waals surface area contributed by atoms with Crippen molar-refractivity contribution in [1.82, 2.24) is 63.8 Å². The van der Waals surface area contributed by atoms with Crippen molar-refractivity contribution in [1.29, 1.82) is 0 Å². The summed E-state index contributed by atoms with van der Waals surface area (Å²) in [7, 11) is 1.61. The van der Waals surface area contributed by atoms with Gasteiger partial charge in [-0.3, -0.25) is 38.4 Å². The van der Waals surface area contributed by atoms with E-state index in [9.17, 15) is 38.4 Å². The van der Waals surface area contributed by atoms with E-state index in [1.54, 1.807) is 7.11 Å². The second-order valence-corrected chi connectivity index (χ2v) is 18.8. The maximum absolute atomic E-state index is 12.0. The molecule has 22 N–H and O–H groups in total. The molecule has 0 aliphatic carbocycles. The van der Waals surface area contributed by atoms with E-state index in [1.165, 1.54) is 0 Å². The normalized spacial score (nSPS) is 12.2. The lowest BCUT2D eigenvalue weighted by atomic mass is 10.2. The molecule has 29 nitrogen and oxygen atoms in total. The molecule has 0 fully saturated rings. The number of rotatable bonds is 53. The molecule has 0 aromatic heterocycles. The highest BCUT2D eigenvalue weighted by atomic mass is 16.5. The van der Waals surface area contributed by atoms with E-state index >= 15 is 0 Å². The molecule has 8 amide bonds. The fraction of sp³-hybridized carbons (Fsp3) is 0.849. The molecule has 0 aromatic carbocycles. The molecule has 0 heterocycles. The summed E-state index contributed by atoms with van der Waals surface area (Å²) in [5, 5.41) is 34.3. The Morgan fingerprint density at radius 1 is 0.317 bits per heavy atom. The van der Waals surface area contributed by atoms with Crippen molar-refractivity contribution >= 4 is 47.3 Å². The van der Waals surface area contributed by atoms with Gasteiger partial charge < -0.3 is 111 Å². The zero-order valence-electron chi connectivity index (χ0n) is 50.6. The van der Waals surface area contributed by atoms with Gasteiger partial charge in [0.25, 0.3) is 0 Å². The van der Waals surface area contributed by atoms with Gasteiger partial charge in [-0.15, -0.1) is 0 Å². The molecule has 0 bridgehead atoms. The third kappa shape index (κ3) is 58.4. The van der Waals surface area contributed by atoms with Crippen LogP contribution in [-0.2, 0) is 57.3 Å². The second kappa shape index (κ2) is 62.3. The minimum absolute atomic E-state index is 0.00997. The first kappa shape index (κ1) is 81.5. The number of amides is 8. The minimum atomic E-state index is -0.908. The summed E-state index contributed by atoms with van der Waals surface area (Å²) in [6.45, 7) is 22.2. The van der Waals surface area contributed by atoms with Gasteiger partial charge in [0.1, 0.15) is 0 Å². The first-order valence-electron chi connectivity index (χ1n) is 29.5. The summed E-state index contributed by atoms with van der Waals surface area (Å²) in [5.74, 6) is -2.26. The molecule has 29 heteroatoms. The molecule has 482 valence electrons. The standard InChI is InChI=1S/C25H53N9O6.C15H32N4O4.C13H28N4O2/c1-2-6-29-10-12-31-22(35)18-20(27)24(37)33-7-3-14-39-16-17-40-15-4-8-34-25(38)21(28)19-23(36)32-13-11-30-9-5-26;1-3-5-17-7-8-18-14(20)12-13(16)15(21)19-6-4-9-23-11-10-22-2;1-3-5-7-17-13(19)11(14)10-12(18)16-9-8-15-6-4-2/h20-21,29-30H,2-19,26-28H2,1H3,(H,31,35)(H,32,36)(H,33,37)(H,34,38);13,17H,3-12,16H2,1-2H3,(H,18,20)(H,19,21);11,15H,3-10,14H2,1-2H3,(H,16,18)(H,17,19). The monoisotopic (exact) mass is 1180 g/mol. The zero-order valence-corrected chi connectivity index (χ0v) is 50.6. The fourth-order valence-corrected chi connectivity index (χ4v) is 6.39. The van der Waals surface area contributed by atoms with Crippen LogP contribution in [0.4, 0.5) is 0 Å². The average molecular weight is 1180 g/mol. The molecule has 0 aromatic rings. The number of carbonyl (C=O) groups is 8. The third-order valence-electron chi connectivity index (χ3n) is 11.0. The number of nitrogens with two attached hydrogens (primary N) is 5. The number of hydrogen-bond acceptors (Lipinski definition) is 21. The van der Waals surface area contributed by atoms with Crippen molar-refractivity contribution in [2.75, 3.05) is 165 Å². The van der Waals surface area contributed by atoms with Crippen LogP contribution < -0.4 is 92.5 Å². The molecule has 0 saturated carbocycles. The molecule has 0 radical (unpaired) electrons. The molecule has 4 unspecified atom stereocenters. The average Bonchev–Trinajstić information content (AvgIpc) is 3.45. The summed E-state index contributed by atoms with van der Waals surface area (Å²) in [6, 6.07) is -3.39. The lowest BCUT2D eigenvalue weighted by molar-refractivity contribution is -0.127. The smallest absolute Gasteiger partial charge is 0.237 e. The van der Waals surface area contributed by atoms with Gasteiger partial charge in [0, 0.05) is 119 Å². The van der Waals surface area contributed by atoms with Crippen molar-refractivity contribution < 1.29 is 57.3 Å². The van der Waals surface area contributed by atoms with E-state index in [-0.39, 0.29) is 72.9 Å². The van der Waals surface area contributed by atoms with Gasteiger partial charge >= 0.3 is 0 Å². The van der Waals surface area contributed by atoms with Gasteiger partial charge in [-0.25, -0.2) is 0 Å². The molecule has 0 saturated heterocycles. The quantitative estimate of drug-likeness (QED) is 0.0254. The van der Waals surface area contributed by atoms with Crippen LogP contribution in [0.1, 0.15) is 105 Å². The van der Waals surface area contributed by atoms with Crippen molar-refractivity contribution in [3.05, 3.63) is 0 Å². The van der Waals surface area contributed by atoms with Crippen molar-refractivity contribution in [3.8, 4) is 0 Å². The molecule has 0 aliphatic rings. The fourth-order valence-electron chi connectivity index (χ4n) is 6.39. The number of hydrogen-bond donors (Lipinski definition) is 17. The van der Waals surface area contributed by atoms with Gasteiger partial charge in [-0.2, -0.15) is 0 Å². The molecule has 0 rings (SSSR count). The summed E-state index contributed by atoms with van der Waals surface area (Å²) >= 11 is 0. The number of unbranched alkanes of at least 4 members (excludes halogenated alkanes) is 1. The van der Waals surface area contributed by atoms with Gasteiger partial charge in [0.2, 0.25) is 47.3 Å². The first-order chi connectivity index (χ1) is 39.5. The van der Waals surface area contributed by atoms with Gasteiger partial charge in [0.05, 0.1) is 76.3 Å². The Kier molecular flexibility index (Phi) is 61.9. The predicted octanol–water partition coefficient (Wildman–Crippen LogP) is -5.03. The van der Waals surface area contributed by atoms with Crippen molar-refractivity contribution in [3.63, 3.8) is 0 Å². The highest BCUT2D eigenvalue weighted by Crippen LogP contribution is 1.94. The van der Waals surface area contributed by atoms with E-state index in [2.05, 4.69) is 84.6 Å². The number of methoxy groups -OCH3 is 1. The van der Waals surface area contributed by atoms with Crippen LogP contribution in [0.2, 0.25) is 0 Å². The van der Waals surface area contributed by atoms with E-state index in [4.69, 9.17) is 47.6 Å². The highest BCUT2D eigenvalue weighted by Gasteiger charge is 2.20. The van der Waals surface area contributed by atoms with Crippen LogP contribution >= 0.6 is 0 Å². The second-order valence-electron chi connectivity index (χ2n) is 18.8. The number of carbonyl (C=O) groups excluding carboxylic acids is 8. The Hall–Kier alpha value is -4.76. The van der Waals surface area contributed by atoms with Crippen molar-refractivity contribution in [2.45, 2.75) is 129 Å². The summed E-state index contributed by atoms with van der Waals surface area (Å²) in [5.41, 5.74) is 28.3. The molecule has 82 heavy (non-hydrogen) atoms. The maximum Gasteiger partial charge on any atom is 0.237 e. The van der Waals surface area contributed by atoms with Gasteiger partial charge in [0.15, 0.2) is 0 Å². The Labute approximate surface area is 489 Å².